The average Bonchev–Trinajstić information content (AvgIpc) is 3.14. The quantitative estimate of drug-likeness (QED) is 0.623. The summed E-state index contributed by atoms with van der Waals surface area (Å²) < 4.78 is 11.3. The molecular formula is C17H18O3. The van der Waals surface area contributed by atoms with Crippen LogP contribution in [-0.2, 0) is 20.9 Å². The van der Waals surface area contributed by atoms with Gasteiger partial charge in [-0.25, -0.2) is 0 Å². The van der Waals surface area contributed by atoms with Crippen molar-refractivity contribution in [2.24, 2.45) is 23.7 Å². The van der Waals surface area contributed by atoms with Gasteiger partial charge in [-0.3, -0.25) is 4.79 Å². The lowest BCUT2D eigenvalue weighted by molar-refractivity contribution is -0.147. The minimum Gasteiger partial charge on any atom is -0.459 e. The lowest BCUT2D eigenvalue weighted by atomic mass is 9.82. The van der Waals surface area contributed by atoms with Gasteiger partial charge in [0.05, 0.1) is 19.1 Å². The fourth-order valence-electron chi connectivity index (χ4n) is 4.02. The molecule has 0 unspecified atom stereocenters. The second-order valence-electron chi connectivity index (χ2n) is 6.03. The number of carbonyl (C=O) groups excluding carboxylic acids is 1. The van der Waals surface area contributed by atoms with Crippen LogP contribution in [0.25, 0.3) is 0 Å². The predicted molar refractivity (Wildman–Crippen MR) is 73.7 cm³/mol. The molecule has 2 aliphatic carbocycles. The SMILES string of the molecule is O=C1O[C@@H](COCc2ccccc2)[C@H]2[C@@H]1[C@@H]1C=C[C@H]2C1. The molecule has 0 amide bonds. The highest BCUT2D eigenvalue weighted by Crippen LogP contribution is 2.53. The maximum absolute atomic E-state index is 12.0. The summed E-state index contributed by atoms with van der Waals surface area (Å²) >= 11 is 0. The second kappa shape index (κ2) is 4.74. The van der Waals surface area contributed by atoms with Gasteiger partial charge in [0.15, 0.2) is 0 Å². The number of carbonyl (C=O) groups is 1. The second-order valence-corrected chi connectivity index (χ2v) is 6.03. The summed E-state index contributed by atoms with van der Waals surface area (Å²) in [5.41, 5.74) is 1.15. The molecule has 4 rings (SSSR count). The first-order valence-corrected chi connectivity index (χ1v) is 7.33. The molecular weight excluding hydrogens is 252 g/mol. The molecule has 1 saturated heterocycles. The van der Waals surface area contributed by atoms with E-state index in [4.69, 9.17) is 9.47 Å². The molecule has 1 heterocycles. The Bertz CT molecular complexity index is 536. The number of ether oxygens (including phenoxy) is 2. The zero-order valence-corrected chi connectivity index (χ0v) is 11.3. The molecule has 3 heteroatoms. The fourth-order valence-corrected chi connectivity index (χ4v) is 4.02. The minimum absolute atomic E-state index is 0.0137. The maximum Gasteiger partial charge on any atom is 0.310 e. The molecule has 0 radical (unpaired) electrons. The Morgan fingerprint density at radius 2 is 1.95 bits per heavy atom. The van der Waals surface area contributed by atoms with E-state index in [2.05, 4.69) is 12.2 Å². The molecule has 1 saturated carbocycles. The predicted octanol–water partition coefficient (Wildman–Crippen LogP) is 2.57. The van der Waals surface area contributed by atoms with Crippen molar-refractivity contribution in [1.82, 2.24) is 0 Å². The molecule has 2 fully saturated rings. The van der Waals surface area contributed by atoms with Gasteiger partial charge in [0.2, 0.25) is 0 Å². The molecule has 1 aromatic rings. The summed E-state index contributed by atoms with van der Waals surface area (Å²) in [6.45, 7) is 1.09. The highest BCUT2D eigenvalue weighted by molar-refractivity contribution is 5.77. The molecule has 0 aromatic heterocycles. The van der Waals surface area contributed by atoms with E-state index in [0.29, 0.717) is 31.0 Å². The molecule has 0 N–H and O–H groups in total. The smallest absolute Gasteiger partial charge is 0.310 e. The van der Waals surface area contributed by atoms with Crippen LogP contribution in [0, 0.1) is 23.7 Å². The van der Waals surface area contributed by atoms with Crippen molar-refractivity contribution in [2.45, 2.75) is 19.1 Å². The van der Waals surface area contributed by atoms with Crippen molar-refractivity contribution in [1.29, 1.82) is 0 Å². The summed E-state index contributed by atoms with van der Waals surface area (Å²) in [5, 5.41) is 0. The standard InChI is InChI=1S/C17H18O3/c18-17-16-13-7-6-12(8-13)15(16)14(20-17)10-19-9-11-4-2-1-3-5-11/h1-7,12-16H,8-10H2/t12-,13+,14-,15-,16-/m0/s1. The Labute approximate surface area is 118 Å². The Balaban J connectivity index is 1.38. The van der Waals surface area contributed by atoms with Gasteiger partial charge in [-0.2, -0.15) is 0 Å². The first-order chi connectivity index (χ1) is 9.83. The van der Waals surface area contributed by atoms with E-state index in [1.54, 1.807) is 0 Å². The van der Waals surface area contributed by atoms with Crippen molar-refractivity contribution in [3.8, 4) is 0 Å². The third kappa shape index (κ3) is 1.88. The minimum atomic E-state index is -0.0591. The van der Waals surface area contributed by atoms with E-state index in [1.807, 2.05) is 30.3 Å². The van der Waals surface area contributed by atoms with Gasteiger partial charge in [-0.05, 0) is 23.8 Å². The lowest BCUT2D eigenvalue weighted by Crippen LogP contribution is -2.28. The van der Waals surface area contributed by atoms with Crippen LogP contribution < -0.4 is 0 Å². The van der Waals surface area contributed by atoms with E-state index in [1.165, 1.54) is 0 Å². The van der Waals surface area contributed by atoms with Crippen LogP contribution in [0.15, 0.2) is 42.5 Å². The van der Waals surface area contributed by atoms with E-state index < -0.39 is 0 Å². The Morgan fingerprint density at radius 1 is 1.15 bits per heavy atom. The highest BCUT2D eigenvalue weighted by atomic mass is 16.6. The van der Waals surface area contributed by atoms with Crippen LogP contribution >= 0.6 is 0 Å². The van der Waals surface area contributed by atoms with Gasteiger partial charge >= 0.3 is 5.97 Å². The molecule has 1 aromatic carbocycles. The topological polar surface area (TPSA) is 35.5 Å². The third-order valence-corrected chi connectivity index (χ3v) is 4.88. The number of cyclic esters (lactones) is 1. The largest absolute Gasteiger partial charge is 0.459 e. The molecule has 2 bridgehead atoms. The zero-order valence-electron chi connectivity index (χ0n) is 11.3. The lowest BCUT2D eigenvalue weighted by Gasteiger charge is -2.21. The van der Waals surface area contributed by atoms with Crippen LogP contribution in [0.2, 0.25) is 0 Å². The van der Waals surface area contributed by atoms with Crippen molar-refractivity contribution in [3.63, 3.8) is 0 Å². The van der Waals surface area contributed by atoms with Gasteiger partial charge in [-0.15, -0.1) is 0 Å². The van der Waals surface area contributed by atoms with Crippen molar-refractivity contribution >= 4 is 5.97 Å². The summed E-state index contributed by atoms with van der Waals surface area (Å²) in [4.78, 5) is 12.0. The van der Waals surface area contributed by atoms with E-state index >= 15 is 0 Å². The van der Waals surface area contributed by atoms with Gasteiger partial charge in [-0.1, -0.05) is 42.5 Å². The van der Waals surface area contributed by atoms with Gasteiger partial charge in [0, 0.05) is 5.92 Å². The molecule has 20 heavy (non-hydrogen) atoms. The molecule has 104 valence electrons. The first kappa shape index (κ1) is 12.2. The van der Waals surface area contributed by atoms with Crippen LogP contribution in [-0.4, -0.2) is 18.7 Å². The number of benzene rings is 1. The van der Waals surface area contributed by atoms with Crippen molar-refractivity contribution < 1.29 is 14.3 Å². The highest BCUT2D eigenvalue weighted by Gasteiger charge is 2.57. The summed E-state index contributed by atoms with van der Waals surface area (Å²) in [6.07, 6.45) is 5.52. The summed E-state index contributed by atoms with van der Waals surface area (Å²) in [6, 6.07) is 10.1. The van der Waals surface area contributed by atoms with Crippen molar-refractivity contribution in [3.05, 3.63) is 48.0 Å². The van der Waals surface area contributed by atoms with E-state index in [9.17, 15) is 4.79 Å². The maximum atomic E-state index is 12.0. The third-order valence-electron chi connectivity index (χ3n) is 4.88. The average molecular weight is 270 g/mol. The summed E-state index contributed by atoms with van der Waals surface area (Å²) in [5.74, 6) is 1.35. The number of fused-ring (bicyclic) bond motifs is 5. The van der Waals surface area contributed by atoms with E-state index in [0.717, 1.165) is 12.0 Å². The summed E-state index contributed by atoms with van der Waals surface area (Å²) in [7, 11) is 0. The zero-order chi connectivity index (χ0) is 13.5. The van der Waals surface area contributed by atoms with Gasteiger partial charge < -0.3 is 9.47 Å². The Hall–Kier alpha value is -1.61. The van der Waals surface area contributed by atoms with Crippen LogP contribution in [0.4, 0.5) is 0 Å². The molecule has 5 atom stereocenters. The van der Waals surface area contributed by atoms with Crippen LogP contribution in [0.1, 0.15) is 12.0 Å². The van der Waals surface area contributed by atoms with Gasteiger partial charge in [0.25, 0.3) is 0 Å². The molecule has 0 spiro atoms. The van der Waals surface area contributed by atoms with Gasteiger partial charge in [0.1, 0.15) is 6.10 Å². The van der Waals surface area contributed by atoms with Crippen LogP contribution in [0.5, 0.6) is 0 Å². The monoisotopic (exact) mass is 270 g/mol. The molecule has 3 nitrogen and oxygen atoms in total. The van der Waals surface area contributed by atoms with E-state index in [-0.39, 0.29) is 18.0 Å². The Morgan fingerprint density at radius 3 is 2.80 bits per heavy atom. The number of hydrogen-bond acceptors (Lipinski definition) is 3. The molecule has 3 aliphatic rings. The number of hydrogen-bond donors (Lipinski definition) is 0. The number of esters is 1. The first-order valence-electron chi connectivity index (χ1n) is 7.33. The Kier molecular flexibility index (Phi) is 2.88. The normalized spacial score (nSPS) is 37.2. The number of rotatable bonds is 4. The fraction of sp³-hybridized carbons (Fsp3) is 0.471. The van der Waals surface area contributed by atoms with Crippen molar-refractivity contribution in [2.75, 3.05) is 6.61 Å². The number of allylic oxidation sites excluding steroid dienone is 2. The van der Waals surface area contributed by atoms with Crippen LogP contribution in [0.3, 0.4) is 0 Å². The molecule has 1 aliphatic heterocycles.